The first-order valence-electron chi connectivity index (χ1n) is 6.34. The molecule has 0 saturated carbocycles. The van der Waals surface area contributed by atoms with Crippen LogP contribution in [0, 0.1) is 6.92 Å². The highest BCUT2D eigenvalue weighted by molar-refractivity contribution is 6.09. The van der Waals surface area contributed by atoms with E-state index in [0.29, 0.717) is 5.56 Å². The average Bonchev–Trinajstić information content (AvgIpc) is 2.89. The maximum Gasteiger partial charge on any atom is 0.250 e. The number of amides is 1. The molecule has 100 valence electrons. The van der Waals surface area contributed by atoms with E-state index >= 15 is 0 Å². The Balaban J connectivity index is 2.27. The van der Waals surface area contributed by atoms with Crippen LogP contribution in [0.3, 0.4) is 0 Å². The second-order valence-electron chi connectivity index (χ2n) is 4.86. The number of aromatic amines is 1. The molecule has 0 aliphatic carbocycles. The van der Waals surface area contributed by atoms with E-state index in [1.807, 2.05) is 37.3 Å². The van der Waals surface area contributed by atoms with Crippen molar-refractivity contribution in [3.8, 4) is 11.1 Å². The molecule has 0 fully saturated rings. The van der Waals surface area contributed by atoms with Crippen molar-refractivity contribution in [1.82, 2.24) is 4.98 Å². The number of hydrogen-bond acceptors (Lipinski definition) is 2. The summed E-state index contributed by atoms with van der Waals surface area (Å²) in [5, 5.41) is 0.963. The van der Waals surface area contributed by atoms with Gasteiger partial charge in [-0.3, -0.25) is 4.79 Å². The Morgan fingerprint density at radius 3 is 2.65 bits per heavy atom. The fraction of sp³-hybridized carbons (Fsp3) is 0.0625. The Kier molecular flexibility index (Phi) is 2.71. The lowest BCUT2D eigenvalue weighted by Gasteiger charge is -2.08. The number of aryl methyl sites for hydroxylation is 1. The van der Waals surface area contributed by atoms with Gasteiger partial charge in [0, 0.05) is 17.3 Å². The van der Waals surface area contributed by atoms with Crippen LogP contribution >= 0.6 is 0 Å². The lowest BCUT2D eigenvalue weighted by Crippen LogP contribution is -2.11. The van der Waals surface area contributed by atoms with Gasteiger partial charge in [-0.25, -0.2) is 0 Å². The average molecular weight is 265 g/mol. The molecule has 3 rings (SSSR count). The predicted octanol–water partition coefficient (Wildman–Crippen LogP) is 2.82. The second-order valence-corrected chi connectivity index (χ2v) is 4.86. The summed E-state index contributed by atoms with van der Waals surface area (Å²) in [5.74, 6) is -0.438. The van der Waals surface area contributed by atoms with Gasteiger partial charge in [0.2, 0.25) is 0 Å². The van der Waals surface area contributed by atoms with Crippen molar-refractivity contribution in [2.24, 2.45) is 5.73 Å². The Bertz CT molecular complexity index is 818. The first-order valence-corrected chi connectivity index (χ1v) is 6.34. The number of nitrogens with two attached hydrogens (primary N) is 2. The highest BCUT2D eigenvalue weighted by atomic mass is 16.1. The van der Waals surface area contributed by atoms with E-state index in [-0.39, 0.29) is 0 Å². The molecule has 0 saturated heterocycles. The molecule has 4 nitrogen and oxygen atoms in total. The van der Waals surface area contributed by atoms with Gasteiger partial charge in [-0.05, 0) is 41.8 Å². The van der Waals surface area contributed by atoms with Gasteiger partial charge in [0.15, 0.2) is 0 Å². The summed E-state index contributed by atoms with van der Waals surface area (Å²) >= 11 is 0. The monoisotopic (exact) mass is 265 g/mol. The Labute approximate surface area is 116 Å². The van der Waals surface area contributed by atoms with E-state index in [9.17, 15) is 4.79 Å². The van der Waals surface area contributed by atoms with Crippen LogP contribution < -0.4 is 11.5 Å². The molecule has 1 aromatic heterocycles. The van der Waals surface area contributed by atoms with Crippen LogP contribution in [-0.4, -0.2) is 10.9 Å². The molecule has 0 radical (unpaired) electrons. The molecule has 5 N–H and O–H groups in total. The lowest BCUT2D eigenvalue weighted by atomic mass is 9.97. The Morgan fingerprint density at radius 1 is 1.15 bits per heavy atom. The third kappa shape index (κ3) is 1.82. The second kappa shape index (κ2) is 4.42. The van der Waals surface area contributed by atoms with E-state index in [0.717, 1.165) is 33.3 Å². The van der Waals surface area contributed by atoms with Crippen LogP contribution in [0.15, 0.2) is 42.6 Å². The molecule has 0 atom stereocenters. The zero-order chi connectivity index (χ0) is 14.3. The number of carbonyl (C=O) groups excluding carboxylic acids is 1. The summed E-state index contributed by atoms with van der Waals surface area (Å²) < 4.78 is 0. The number of nitrogens with one attached hydrogen (secondary N) is 1. The van der Waals surface area contributed by atoms with Crippen LogP contribution in [0.1, 0.15) is 15.9 Å². The van der Waals surface area contributed by atoms with E-state index in [4.69, 9.17) is 11.5 Å². The third-order valence-corrected chi connectivity index (χ3v) is 3.58. The number of carbonyl (C=O) groups is 1. The molecule has 0 aliphatic heterocycles. The molecular formula is C16H15N3O. The van der Waals surface area contributed by atoms with Gasteiger partial charge in [0.1, 0.15) is 0 Å². The van der Waals surface area contributed by atoms with E-state index < -0.39 is 5.91 Å². The van der Waals surface area contributed by atoms with Crippen LogP contribution in [0.25, 0.3) is 22.0 Å². The standard InChI is InChI=1S/C16H15N3O/c1-9-2-3-10(8-14(9)17)11-4-5-13(16(18)20)15-12(11)6-7-19-15/h2-8,19H,17H2,1H3,(H2,18,20). The van der Waals surface area contributed by atoms with Gasteiger partial charge in [-0.15, -0.1) is 0 Å². The van der Waals surface area contributed by atoms with Crippen molar-refractivity contribution in [3.05, 3.63) is 53.7 Å². The molecule has 1 heterocycles. The van der Waals surface area contributed by atoms with Gasteiger partial charge in [0.05, 0.1) is 11.1 Å². The minimum absolute atomic E-state index is 0.438. The van der Waals surface area contributed by atoms with Gasteiger partial charge in [-0.2, -0.15) is 0 Å². The number of primary amides is 1. The minimum atomic E-state index is -0.438. The minimum Gasteiger partial charge on any atom is -0.398 e. The van der Waals surface area contributed by atoms with Gasteiger partial charge in [-0.1, -0.05) is 18.2 Å². The van der Waals surface area contributed by atoms with E-state index in [1.165, 1.54) is 0 Å². The Hall–Kier alpha value is -2.75. The molecule has 0 aliphatic rings. The zero-order valence-corrected chi connectivity index (χ0v) is 11.1. The quantitative estimate of drug-likeness (QED) is 0.622. The highest BCUT2D eigenvalue weighted by Crippen LogP contribution is 2.31. The highest BCUT2D eigenvalue weighted by Gasteiger charge is 2.12. The topological polar surface area (TPSA) is 84.9 Å². The smallest absolute Gasteiger partial charge is 0.250 e. The van der Waals surface area contributed by atoms with Crippen molar-refractivity contribution in [1.29, 1.82) is 0 Å². The molecule has 4 heteroatoms. The van der Waals surface area contributed by atoms with Crippen molar-refractivity contribution in [3.63, 3.8) is 0 Å². The first kappa shape index (κ1) is 12.3. The molecule has 3 aromatic rings. The molecule has 20 heavy (non-hydrogen) atoms. The SMILES string of the molecule is Cc1ccc(-c2ccc(C(N)=O)c3[nH]ccc23)cc1N. The van der Waals surface area contributed by atoms with Gasteiger partial charge < -0.3 is 16.5 Å². The predicted molar refractivity (Wildman–Crippen MR) is 81.4 cm³/mol. The van der Waals surface area contributed by atoms with Crippen LogP contribution in [0.2, 0.25) is 0 Å². The fourth-order valence-corrected chi connectivity index (χ4v) is 2.42. The third-order valence-electron chi connectivity index (χ3n) is 3.58. The maximum absolute atomic E-state index is 11.4. The molecule has 0 bridgehead atoms. The number of rotatable bonds is 2. The molecular weight excluding hydrogens is 250 g/mol. The summed E-state index contributed by atoms with van der Waals surface area (Å²) in [7, 11) is 0. The lowest BCUT2D eigenvalue weighted by molar-refractivity contribution is 0.100. The van der Waals surface area contributed by atoms with Crippen molar-refractivity contribution >= 4 is 22.5 Å². The molecule has 0 spiro atoms. The Morgan fingerprint density at radius 2 is 1.95 bits per heavy atom. The number of hydrogen-bond donors (Lipinski definition) is 3. The van der Waals surface area contributed by atoms with Crippen molar-refractivity contribution in [2.75, 3.05) is 5.73 Å². The number of anilines is 1. The molecule has 0 unspecified atom stereocenters. The van der Waals surface area contributed by atoms with Crippen LogP contribution in [0.5, 0.6) is 0 Å². The molecule has 2 aromatic carbocycles. The summed E-state index contributed by atoms with van der Waals surface area (Å²) in [6.07, 6.45) is 1.80. The number of fused-ring (bicyclic) bond motifs is 1. The van der Waals surface area contributed by atoms with Gasteiger partial charge in [0.25, 0.3) is 5.91 Å². The molecule has 1 amide bonds. The fourth-order valence-electron chi connectivity index (χ4n) is 2.42. The summed E-state index contributed by atoms with van der Waals surface area (Å²) in [6.45, 7) is 1.97. The van der Waals surface area contributed by atoms with Crippen molar-refractivity contribution < 1.29 is 4.79 Å². The number of benzene rings is 2. The summed E-state index contributed by atoms with van der Waals surface area (Å²) in [5.41, 5.74) is 16.5. The largest absolute Gasteiger partial charge is 0.398 e. The van der Waals surface area contributed by atoms with Crippen molar-refractivity contribution in [2.45, 2.75) is 6.92 Å². The normalized spacial score (nSPS) is 10.8. The summed E-state index contributed by atoms with van der Waals surface area (Å²) in [6, 6.07) is 11.5. The first-order chi connectivity index (χ1) is 9.58. The maximum atomic E-state index is 11.4. The van der Waals surface area contributed by atoms with E-state index in [2.05, 4.69) is 4.98 Å². The van der Waals surface area contributed by atoms with Gasteiger partial charge >= 0.3 is 0 Å². The zero-order valence-electron chi connectivity index (χ0n) is 11.1. The van der Waals surface area contributed by atoms with Crippen LogP contribution in [0.4, 0.5) is 5.69 Å². The number of aromatic nitrogens is 1. The number of nitrogen functional groups attached to an aromatic ring is 1. The number of H-pyrrole nitrogens is 1. The van der Waals surface area contributed by atoms with Crippen LogP contribution in [-0.2, 0) is 0 Å². The summed E-state index contributed by atoms with van der Waals surface area (Å²) in [4.78, 5) is 14.5. The van der Waals surface area contributed by atoms with E-state index in [1.54, 1.807) is 12.3 Å².